The van der Waals surface area contributed by atoms with Gasteiger partial charge >= 0.3 is 0 Å². The summed E-state index contributed by atoms with van der Waals surface area (Å²) in [7, 11) is 0. The largest absolute Gasteiger partial charge is 0.457 e. The Kier molecular flexibility index (Phi) is 3.57. The monoisotopic (exact) mass is 307 g/mol. The van der Waals surface area contributed by atoms with E-state index in [1.54, 1.807) is 30.3 Å². The number of halogens is 1. The minimum absolute atomic E-state index is 0.364. The second-order valence-corrected chi connectivity index (χ2v) is 4.51. The molecule has 0 atom stereocenters. The topological polar surface area (TPSA) is 77.6 Å². The van der Waals surface area contributed by atoms with Crippen LogP contribution in [0.1, 0.15) is 5.56 Å². The van der Waals surface area contributed by atoms with Crippen molar-refractivity contribution in [2.75, 3.05) is 5.73 Å². The Hall–Kier alpha value is -1.95. The Morgan fingerprint density at radius 3 is 2.72 bits per heavy atom. The molecule has 0 aliphatic rings. The highest BCUT2D eigenvalue weighted by atomic mass is 79.9. The van der Waals surface area contributed by atoms with Crippen molar-refractivity contribution >= 4 is 27.4 Å². The third kappa shape index (κ3) is 2.84. The van der Waals surface area contributed by atoms with E-state index >= 15 is 0 Å². The van der Waals surface area contributed by atoms with Crippen LogP contribution in [0.4, 0.5) is 11.5 Å². The first kappa shape index (κ1) is 12.5. The first-order valence-electron chi connectivity index (χ1n) is 5.13. The van der Waals surface area contributed by atoms with Crippen LogP contribution in [0.5, 0.6) is 11.5 Å². The second-order valence-electron chi connectivity index (χ2n) is 3.69. The van der Waals surface area contributed by atoms with E-state index in [2.05, 4.69) is 26.1 Å². The van der Waals surface area contributed by atoms with Crippen LogP contribution < -0.4 is 10.5 Å². The molecule has 2 N–H and O–H groups in total. The smallest absolute Gasteiger partial charge is 0.133 e. The molecule has 0 aliphatic carbocycles. The van der Waals surface area contributed by atoms with Crippen molar-refractivity contribution in [2.24, 2.45) is 5.18 Å². The summed E-state index contributed by atoms with van der Waals surface area (Å²) in [5.74, 6) is 1.58. The lowest BCUT2D eigenvalue weighted by Crippen LogP contribution is -1.93. The van der Waals surface area contributed by atoms with Crippen LogP contribution in [0.3, 0.4) is 0 Å². The number of nitrogens with two attached hydrogens (primary N) is 1. The van der Waals surface area contributed by atoms with Gasteiger partial charge in [0.1, 0.15) is 27.6 Å². The molecule has 0 fully saturated rings. The molecule has 0 saturated heterocycles. The Morgan fingerprint density at radius 2 is 2.11 bits per heavy atom. The number of benzene rings is 1. The molecule has 18 heavy (non-hydrogen) atoms. The number of ether oxygens (including phenoxy) is 1. The fourth-order valence-corrected chi connectivity index (χ4v) is 1.91. The molecule has 0 unspecified atom stereocenters. The summed E-state index contributed by atoms with van der Waals surface area (Å²) in [5.41, 5.74) is 6.81. The molecule has 0 bridgehead atoms. The summed E-state index contributed by atoms with van der Waals surface area (Å²) in [5, 5.41) is 2.86. The standard InChI is InChI=1S/C12H10BrN3O2/c1-7-4-8(16-17)2-3-10(7)18-9-5-11(13)15-12(14)6-9/h2-6H,1H3,(H2,14,15). The summed E-state index contributed by atoms with van der Waals surface area (Å²) in [6, 6.07) is 8.27. The minimum Gasteiger partial charge on any atom is -0.457 e. The van der Waals surface area contributed by atoms with Crippen molar-refractivity contribution in [2.45, 2.75) is 6.92 Å². The van der Waals surface area contributed by atoms with E-state index in [0.29, 0.717) is 27.6 Å². The molecule has 6 heteroatoms. The highest BCUT2D eigenvalue weighted by Gasteiger charge is 2.05. The van der Waals surface area contributed by atoms with E-state index in [4.69, 9.17) is 10.5 Å². The lowest BCUT2D eigenvalue weighted by atomic mass is 10.2. The van der Waals surface area contributed by atoms with Gasteiger partial charge in [-0.15, -0.1) is 4.91 Å². The Morgan fingerprint density at radius 1 is 1.33 bits per heavy atom. The molecular formula is C12H10BrN3O2. The Balaban J connectivity index is 2.31. The lowest BCUT2D eigenvalue weighted by molar-refractivity contribution is 0.478. The van der Waals surface area contributed by atoms with Gasteiger partial charge in [0, 0.05) is 12.1 Å². The van der Waals surface area contributed by atoms with Gasteiger partial charge < -0.3 is 10.5 Å². The molecule has 2 rings (SSSR count). The van der Waals surface area contributed by atoms with Gasteiger partial charge in [0.05, 0.1) is 0 Å². The average molecular weight is 308 g/mol. The van der Waals surface area contributed by atoms with E-state index in [1.807, 2.05) is 6.92 Å². The average Bonchev–Trinajstić information content (AvgIpc) is 2.30. The molecule has 92 valence electrons. The van der Waals surface area contributed by atoms with Crippen molar-refractivity contribution < 1.29 is 4.74 Å². The molecular weight excluding hydrogens is 298 g/mol. The fourth-order valence-electron chi connectivity index (χ4n) is 1.48. The number of aromatic nitrogens is 1. The Labute approximate surface area is 112 Å². The maximum absolute atomic E-state index is 10.4. The van der Waals surface area contributed by atoms with Gasteiger partial charge in [-0.3, -0.25) is 0 Å². The number of aryl methyl sites for hydroxylation is 1. The summed E-state index contributed by atoms with van der Waals surface area (Å²) < 4.78 is 6.28. The molecule has 0 saturated carbocycles. The van der Waals surface area contributed by atoms with Crippen LogP contribution in [0, 0.1) is 11.8 Å². The molecule has 1 heterocycles. The van der Waals surface area contributed by atoms with E-state index in [1.165, 1.54) is 0 Å². The van der Waals surface area contributed by atoms with Crippen LogP contribution in [-0.4, -0.2) is 4.98 Å². The van der Waals surface area contributed by atoms with Crippen molar-refractivity contribution in [3.05, 3.63) is 45.4 Å². The number of hydrogen-bond donors (Lipinski definition) is 1. The van der Waals surface area contributed by atoms with Crippen molar-refractivity contribution in [1.82, 2.24) is 4.98 Å². The number of anilines is 1. The molecule has 2 aromatic rings. The number of nitrogen functional groups attached to an aromatic ring is 1. The fraction of sp³-hybridized carbons (Fsp3) is 0.0833. The Bertz CT molecular complexity index is 582. The van der Waals surface area contributed by atoms with Crippen molar-refractivity contribution in [3.8, 4) is 11.5 Å². The first-order valence-corrected chi connectivity index (χ1v) is 5.93. The van der Waals surface area contributed by atoms with Gasteiger partial charge in [0.25, 0.3) is 0 Å². The van der Waals surface area contributed by atoms with E-state index in [0.717, 1.165) is 5.56 Å². The van der Waals surface area contributed by atoms with Crippen LogP contribution in [-0.2, 0) is 0 Å². The minimum atomic E-state index is 0.364. The predicted molar refractivity (Wildman–Crippen MR) is 73.1 cm³/mol. The molecule has 5 nitrogen and oxygen atoms in total. The predicted octanol–water partition coefficient (Wildman–Crippen LogP) is 3.92. The van der Waals surface area contributed by atoms with Gasteiger partial charge in [-0.2, -0.15) is 0 Å². The molecule has 0 aliphatic heterocycles. The highest BCUT2D eigenvalue weighted by Crippen LogP contribution is 2.30. The number of pyridine rings is 1. The van der Waals surface area contributed by atoms with Crippen LogP contribution in [0.15, 0.2) is 40.1 Å². The maximum Gasteiger partial charge on any atom is 0.133 e. The number of rotatable bonds is 3. The quantitative estimate of drug-likeness (QED) is 0.688. The van der Waals surface area contributed by atoms with Gasteiger partial charge in [-0.05, 0) is 51.8 Å². The number of hydrogen-bond acceptors (Lipinski definition) is 5. The molecule has 0 radical (unpaired) electrons. The van der Waals surface area contributed by atoms with E-state index in [-0.39, 0.29) is 0 Å². The van der Waals surface area contributed by atoms with Crippen LogP contribution in [0.25, 0.3) is 0 Å². The number of nitroso groups, excluding NO2 is 1. The number of nitrogens with zero attached hydrogens (tertiary/aromatic N) is 2. The summed E-state index contributed by atoms with van der Waals surface area (Å²) in [6.07, 6.45) is 0. The molecule has 0 amide bonds. The van der Waals surface area contributed by atoms with Crippen LogP contribution in [0.2, 0.25) is 0 Å². The van der Waals surface area contributed by atoms with E-state index in [9.17, 15) is 4.91 Å². The zero-order valence-corrected chi connectivity index (χ0v) is 11.1. The van der Waals surface area contributed by atoms with Crippen molar-refractivity contribution in [3.63, 3.8) is 0 Å². The van der Waals surface area contributed by atoms with Gasteiger partial charge in [0.2, 0.25) is 0 Å². The maximum atomic E-state index is 10.4. The van der Waals surface area contributed by atoms with Gasteiger partial charge in [-0.1, -0.05) is 0 Å². The van der Waals surface area contributed by atoms with Crippen LogP contribution >= 0.6 is 15.9 Å². The molecule has 0 spiro atoms. The second kappa shape index (κ2) is 5.14. The zero-order chi connectivity index (χ0) is 13.1. The third-order valence-corrected chi connectivity index (χ3v) is 2.69. The van der Waals surface area contributed by atoms with E-state index < -0.39 is 0 Å². The molecule has 1 aromatic carbocycles. The summed E-state index contributed by atoms with van der Waals surface area (Å²) in [4.78, 5) is 14.4. The van der Waals surface area contributed by atoms with Gasteiger partial charge in [0.15, 0.2) is 0 Å². The zero-order valence-electron chi connectivity index (χ0n) is 9.55. The summed E-state index contributed by atoms with van der Waals surface area (Å²) in [6.45, 7) is 1.84. The molecule has 1 aromatic heterocycles. The SMILES string of the molecule is Cc1cc(N=O)ccc1Oc1cc(N)nc(Br)c1. The lowest BCUT2D eigenvalue weighted by Gasteiger charge is -2.09. The third-order valence-electron chi connectivity index (χ3n) is 2.28. The first-order chi connectivity index (χ1) is 8.58. The highest BCUT2D eigenvalue weighted by molar-refractivity contribution is 9.10. The van der Waals surface area contributed by atoms with Gasteiger partial charge in [-0.25, -0.2) is 4.98 Å². The normalized spacial score (nSPS) is 10.1. The van der Waals surface area contributed by atoms with Crippen molar-refractivity contribution in [1.29, 1.82) is 0 Å². The summed E-state index contributed by atoms with van der Waals surface area (Å²) >= 11 is 3.24.